The third-order valence-corrected chi connectivity index (χ3v) is 5.87. The van der Waals surface area contributed by atoms with E-state index in [1.807, 2.05) is 12.4 Å². The first kappa shape index (κ1) is 15.5. The van der Waals surface area contributed by atoms with Gasteiger partial charge in [-0.1, -0.05) is 0 Å². The molecule has 0 bridgehead atoms. The molecule has 1 N–H and O–H groups in total. The zero-order valence-electron chi connectivity index (χ0n) is 14.3. The van der Waals surface area contributed by atoms with Crippen molar-refractivity contribution in [2.24, 2.45) is 5.92 Å². The number of aryl methyl sites for hydroxylation is 1. The fourth-order valence-corrected chi connectivity index (χ4v) is 4.22. The second kappa shape index (κ2) is 6.46. The second-order valence-corrected chi connectivity index (χ2v) is 7.60. The Morgan fingerprint density at radius 3 is 2.35 bits per heavy atom. The van der Waals surface area contributed by atoms with Crippen molar-refractivity contribution in [3.63, 3.8) is 0 Å². The minimum absolute atomic E-state index is 0.161. The number of hydrogen-bond acceptors (Lipinski definition) is 5. The number of nitrogens with one attached hydrogen (secondary N) is 1. The van der Waals surface area contributed by atoms with Crippen molar-refractivity contribution in [3.05, 3.63) is 23.8 Å². The Hall–Kier alpha value is -1.04. The summed E-state index contributed by atoms with van der Waals surface area (Å²) in [6, 6.07) is 0. The van der Waals surface area contributed by atoms with Crippen molar-refractivity contribution in [1.82, 2.24) is 25.1 Å². The van der Waals surface area contributed by atoms with Crippen LogP contribution in [-0.4, -0.2) is 65.6 Å². The van der Waals surface area contributed by atoms with Gasteiger partial charge in [-0.3, -0.25) is 4.90 Å². The summed E-state index contributed by atoms with van der Waals surface area (Å²) in [5.74, 6) is 1.95. The highest BCUT2D eigenvalue weighted by Gasteiger charge is 2.52. The Labute approximate surface area is 139 Å². The number of rotatable bonds is 4. The van der Waals surface area contributed by atoms with Crippen molar-refractivity contribution in [1.29, 1.82) is 0 Å². The van der Waals surface area contributed by atoms with Crippen molar-refractivity contribution in [2.75, 3.05) is 45.8 Å². The zero-order chi connectivity index (χ0) is 15.7. The quantitative estimate of drug-likeness (QED) is 0.910. The van der Waals surface area contributed by atoms with E-state index in [0.717, 1.165) is 17.3 Å². The lowest BCUT2D eigenvalue weighted by molar-refractivity contribution is 0.0677. The maximum atomic E-state index is 4.63. The Bertz CT molecular complexity index is 511. The van der Waals surface area contributed by atoms with Crippen LogP contribution >= 0.6 is 0 Å². The van der Waals surface area contributed by atoms with E-state index in [4.69, 9.17) is 0 Å². The number of piperazine rings is 1. The molecule has 0 radical (unpaired) electrons. The molecular weight excluding hydrogens is 286 g/mol. The van der Waals surface area contributed by atoms with E-state index >= 15 is 0 Å². The predicted octanol–water partition coefficient (Wildman–Crippen LogP) is 1.39. The summed E-state index contributed by atoms with van der Waals surface area (Å²) >= 11 is 0. The lowest BCUT2D eigenvalue weighted by Crippen LogP contribution is -2.52. The Morgan fingerprint density at radius 1 is 1.09 bits per heavy atom. The average molecular weight is 315 g/mol. The molecule has 0 spiro atoms. The molecule has 2 saturated heterocycles. The van der Waals surface area contributed by atoms with Gasteiger partial charge in [0.25, 0.3) is 0 Å². The van der Waals surface area contributed by atoms with Gasteiger partial charge >= 0.3 is 0 Å². The Kier molecular flexibility index (Phi) is 4.35. The Morgan fingerprint density at radius 2 is 1.74 bits per heavy atom. The van der Waals surface area contributed by atoms with Crippen molar-refractivity contribution >= 4 is 0 Å². The predicted molar refractivity (Wildman–Crippen MR) is 91.3 cm³/mol. The van der Waals surface area contributed by atoms with E-state index in [2.05, 4.69) is 32.0 Å². The molecule has 0 atom stereocenters. The van der Waals surface area contributed by atoms with E-state index in [1.54, 1.807) is 0 Å². The highest BCUT2D eigenvalue weighted by atomic mass is 15.3. The minimum atomic E-state index is 0.161. The molecule has 5 heteroatoms. The maximum absolute atomic E-state index is 4.63. The summed E-state index contributed by atoms with van der Waals surface area (Å²) in [6.07, 6.45) is 9.09. The van der Waals surface area contributed by atoms with Crippen LogP contribution in [0.25, 0.3) is 0 Å². The molecule has 2 aliphatic heterocycles. The van der Waals surface area contributed by atoms with Crippen LogP contribution in [-0.2, 0) is 5.54 Å². The lowest BCUT2D eigenvalue weighted by Gasteiger charge is -2.40. The van der Waals surface area contributed by atoms with Gasteiger partial charge in [0, 0.05) is 45.1 Å². The number of nitrogens with zero attached hydrogens (tertiary/aromatic N) is 4. The van der Waals surface area contributed by atoms with Gasteiger partial charge in [-0.25, -0.2) is 9.97 Å². The molecule has 0 aromatic carbocycles. The summed E-state index contributed by atoms with van der Waals surface area (Å²) in [6.45, 7) is 10.5. The standard InChI is InChI=1S/C18H29N5/c1-15-12-20-17(21-13-15)18(4-5-18)23-10-8-22(9-11-23)14-16-2-6-19-7-3-16/h12-13,16,19H,2-11,14H2,1H3. The molecule has 0 unspecified atom stereocenters. The number of aromatic nitrogens is 2. The smallest absolute Gasteiger partial charge is 0.148 e. The topological polar surface area (TPSA) is 44.3 Å². The van der Waals surface area contributed by atoms with Crippen LogP contribution in [0.1, 0.15) is 37.1 Å². The van der Waals surface area contributed by atoms with Crippen LogP contribution in [0.15, 0.2) is 12.4 Å². The third-order valence-electron chi connectivity index (χ3n) is 5.87. The van der Waals surface area contributed by atoms with Crippen LogP contribution < -0.4 is 5.32 Å². The summed E-state index contributed by atoms with van der Waals surface area (Å²) in [4.78, 5) is 14.6. The fraction of sp³-hybridized carbons (Fsp3) is 0.778. The second-order valence-electron chi connectivity index (χ2n) is 7.60. The van der Waals surface area contributed by atoms with Crippen molar-refractivity contribution in [3.8, 4) is 0 Å². The van der Waals surface area contributed by atoms with Crippen molar-refractivity contribution in [2.45, 2.75) is 38.1 Å². The molecule has 1 aliphatic carbocycles. The third kappa shape index (κ3) is 3.28. The van der Waals surface area contributed by atoms with Crippen LogP contribution in [0.5, 0.6) is 0 Å². The van der Waals surface area contributed by atoms with Crippen LogP contribution in [0, 0.1) is 12.8 Å². The van der Waals surface area contributed by atoms with E-state index < -0.39 is 0 Å². The summed E-state index contributed by atoms with van der Waals surface area (Å²) in [5.41, 5.74) is 1.31. The molecule has 3 fully saturated rings. The fourth-order valence-electron chi connectivity index (χ4n) is 4.22. The maximum Gasteiger partial charge on any atom is 0.148 e. The summed E-state index contributed by atoms with van der Waals surface area (Å²) in [5, 5.41) is 3.47. The van der Waals surface area contributed by atoms with E-state index in [-0.39, 0.29) is 5.54 Å². The Balaban J connectivity index is 1.33. The van der Waals surface area contributed by atoms with Gasteiger partial charge in [-0.2, -0.15) is 0 Å². The molecule has 3 aliphatic rings. The molecule has 1 aromatic heterocycles. The number of piperidine rings is 1. The van der Waals surface area contributed by atoms with Gasteiger partial charge in [0.05, 0.1) is 5.54 Å². The van der Waals surface area contributed by atoms with Crippen LogP contribution in [0.2, 0.25) is 0 Å². The molecule has 5 nitrogen and oxygen atoms in total. The first-order chi connectivity index (χ1) is 11.3. The molecule has 1 saturated carbocycles. The molecule has 3 heterocycles. The van der Waals surface area contributed by atoms with E-state index in [1.165, 1.54) is 71.5 Å². The summed E-state index contributed by atoms with van der Waals surface area (Å²) < 4.78 is 0. The largest absolute Gasteiger partial charge is 0.317 e. The SMILES string of the molecule is Cc1cnc(C2(N3CCN(CC4CCNCC4)CC3)CC2)nc1. The molecule has 126 valence electrons. The van der Waals surface area contributed by atoms with Gasteiger partial charge in [0.1, 0.15) is 5.82 Å². The molecule has 1 aromatic rings. The highest BCUT2D eigenvalue weighted by molar-refractivity contribution is 5.18. The highest BCUT2D eigenvalue weighted by Crippen LogP contribution is 2.49. The monoisotopic (exact) mass is 315 g/mol. The van der Waals surface area contributed by atoms with Crippen LogP contribution in [0.4, 0.5) is 0 Å². The van der Waals surface area contributed by atoms with Crippen molar-refractivity contribution < 1.29 is 0 Å². The zero-order valence-corrected chi connectivity index (χ0v) is 14.3. The van der Waals surface area contributed by atoms with Gasteiger partial charge in [-0.05, 0) is 57.2 Å². The van der Waals surface area contributed by atoms with Gasteiger partial charge in [0.15, 0.2) is 0 Å². The van der Waals surface area contributed by atoms with E-state index in [9.17, 15) is 0 Å². The first-order valence-corrected chi connectivity index (χ1v) is 9.23. The summed E-state index contributed by atoms with van der Waals surface area (Å²) in [7, 11) is 0. The van der Waals surface area contributed by atoms with Gasteiger partial charge < -0.3 is 10.2 Å². The molecule has 4 rings (SSSR count). The van der Waals surface area contributed by atoms with Gasteiger partial charge in [-0.15, -0.1) is 0 Å². The van der Waals surface area contributed by atoms with Crippen LogP contribution in [0.3, 0.4) is 0 Å². The lowest BCUT2D eigenvalue weighted by atomic mass is 9.97. The normalized spacial score (nSPS) is 26.3. The molecule has 23 heavy (non-hydrogen) atoms. The first-order valence-electron chi connectivity index (χ1n) is 9.23. The molecule has 0 amide bonds. The number of hydrogen-bond donors (Lipinski definition) is 1. The average Bonchev–Trinajstić information content (AvgIpc) is 3.39. The van der Waals surface area contributed by atoms with Gasteiger partial charge in [0.2, 0.25) is 0 Å². The van der Waals surface area contributed by atoms with E-state index in [0.29, 0.717) is 0 Å². The molecular formula is C18H29N5. The minimum Gasteiger partial charge on any atom is -0.317 e.